The number of hydrogen-bond acceptors (Lipinski definition) is 5. The number of amidine groups is 1. The van der Waals surface area contributed by atoms with E-state index in [2.05, 4.69) is 18.3 Å². The van der Waals surface area contributed by atoms with Crippen LogP contribution in [0.15, 0.2) is 87.2 Å². The van der Waals surface area contributed by atoms with Gasteiger partial charge >= 0.3 is 0 Å². The number of likely N-dealkylation sites (tertiary alicyclic amines) is 1. The molecule has 40 heavy (non-hydrogen) atoms. The van der Waals surface area contributed by atoms with Gasteiger partial charge < -0.3 is 10.0 Å². The fraction of sp³-hybridized carbons (Fsp3) is 0.233. The van der Waals surface area contributed by atoms with Gasteiger partial charge in [0.1, 0.15) is 23.2 Å². The van der Waals surface area contributed by atoms with Gasteiger partial charge in [-0.2, -0.15) is 5.10 Å². The summed E-state index contributed by atoms with van der Waals surface area (Å²) in [6, 6.07) is 4.72. The van der Waals surface area contributed by atoms with Crippen molar-refractivity contribution in [1.29, 1.82) is 0 Å². The molecular formula is C30H27F3IN5O. The average molecular weight is 657 g/mol. The molecule has 206 valence electrons. The molecule has 4 aliphatic rings. The van der Waals surface area contributed by atoms with Crippen LogP contribution in [0.2, 0.25) is 0 Å². The molecule has 0 saturated carbocycles. The first kappa shape index (κ1) is 26.5. The number of aliphatic hydroxyl groups is 1. The third kappa shape index (κ3) is 4.47. The first-order chi connectivity index (χ1) is 19.1. The Kier molecular flexibility index (Phi) is 6.68. The second-order valence-electron chi connectivity index (χ2n) is 10.1. The van der Waals surface area contributed by atoms with Crippen molar-refractivity contribution in [3.05, 3.63) is 110 Å². The first-order valence-electron chi connectivity index (χ1n) is 12.9. The number of benzene rings is 1. The number of rotatable bonds is 5. The zero-order valence-corrected chi connectivity index (χ0v) is 24.2. The maximum absolute atomic E-state index is 14.6. The molecule has 1 saturated heterocycles. The Morgan fingerprint density at radius 3 is 2.73 bits per heavy atom. The Balaban J connectivity index is 1.39. The van der Waals surface area contributed by atoms with Gasteiger partial charge in [-0.3, -0.25) is 9.58 Å². The summed E-state index contributed by atoms with van der Waals surface area (Å²) in [5, 5.41) is 16.5. The molecular weight excluding hydrogens is 630 g/mol. The number of aliphatic imine (C=N–C) groups is 1. The topological polar surface area (TPSA) is 56.9 Å². The highest BCUT2D eigenvalue weighted by Crippen LogP contribution is 2.42. The second kappa shape index (κ2) is 10.1. The summed E-state index contributed by atoms with van der Waals surface area (Å²) >= 11 is -0.867. The number of aromatic nitrogens is 2. The minimum Gasteiger partial charge on any atom is -0.494 e. The molecule has 0 aliphatic carbocycles. The molecule has 1 aromatic carbocycles. The molecule has 1 atom stereocenters. The lowest BCUT2D eigenvalue weighted by Crippen LogP contribution is -2.37. The molecule has 4 aliphatic heterocycles. The van der Waals surface area contributed by atoms with Gasteiger partial charge in [0.05, 0.1) is 17.0 Å². The van der Waals surface area contributed by atoms with Crippen molar-refractivity contribution in [3.8, 4) is 0 Å². The number of fused-ring (bicyclic) bond motifs is 3. The van der Waals surface area contributed by atoms with Crippen molar-refractivity contribution in [3.63, 3.8) is 0 Å². The standard InChI is InChI=1S/C30H27F3IN5O/c1-5-38-15-21-11-25(20-8-16(2)9-22(31)10-20)39-29(28(21)36-38)35-17(3)26(30(39)40)18(4)37-7-6-19(14-37)27-24(33)12-23(32)13-34-27/h8-13,15,19,40H,3-7,14H2,1-2H3. The van der Waals surface area contributed by atoms with E-state index < -0.39 is 32.4 Å². The van der Waals surface area contributed by atoms with Crippen LogP contribution in [0.1, 0.15) is 35.7 Å². The van der Waals surface area contributed by atoms with E-state index in [1.165, 1.54) is 16.2 Å². The molecule has 0 radical (unpaired) electrons. The Hall–Kier alpha value is -3.67. The van der Waals surface area contributed by atoms with Crippen LogP contribution in [-0.4, -0.2) is 47.1 Å². The van der Waals surface area contributed by atoms with E-state index in [0.717, 1.165) is 17.2 Å². The van der Waals surface area contributed by atoms with Crippen LogP contribution in [0.4, 0.5) is 13.2 Å². The van der Waals surface area contributed by atoms with Crippen LogP contribution in [0, 0.1) is 18.7 Å². The lowest BCUT2D eigenvalue weighted by atomic mass is 9.98. The van der Waals surface area contributed by atoms with Gasteiger partial charge in [0.2, 0.25) is 5.88 Å². The molecule has 5 heterocycles. The molecule has 0 spiro atoms. The number of halogens is 4. The quantitative estimate of drug-likeness (QED) is 0.357. The van der Waals surface area contributed by atoms with E-state index >= 15 is 0 Å². The number of aryl methyl sites for hydroxylation is 2. The minimum absolute atomic E-state index is 0.0647. The Bertz CT molecular complexity index is 1660. The Morgan fingerprint density at radius 1 is 1.20 bits per heavy atom. The van der Waals surface area contributed by atoms with Crippen molar-refractivity contribution in [1.82, 2.24) is 19.6 Å². The normalized spacial score (nSPS) is 20.7. The Labute approximate surface area is 240 Å². The molecule has 1 fully saturated rings. The number of aliphatic hydroxyl groups excluding tert-OH is 1. The van der Waals surface area contributed by atoms with Gasteiger partial charge in [-0.1, -0.05) is 33.9 Å². The predicted octanol–water partition coefficient (Wildman–Crippen LogP) is 6.86. The van der Waals surface area contributed by atoms with Crippen molar-refractivity contribution in [2.75, 3.05) is 13.1 Å². The van der Waals surface area contributed by atoms with Crippen LogP contribution >= 0.6 is 20.7 Å². The van der Waals surface area contributed by atoms with E-state index in [1.54, 1.807) is 9.58 Å². The first-order valence-corrected chi connectivity index (χ1v) is 15.2. The molecule has 1 N–H and O–H groups in total. The molecule has 1 unspecified atom stereocenters. The van der Waals surface area contributed by atoms with Crippen LogP contribution in [0.5, 0.6) is 0 Å². The molecule has 10 heteroatoms. The van der Waals surface area contributed by atoms with E-state index in [-0.39, 0.29) is 17.6 Å². The average Bonchev–Trinajstić information content (AvgIpc) is 3.55. The predicted molar refractivity (Wildman–Crippen MR) is 160 cm³/mol. The minimum atomic E-state index is -0.867. The highest BCUT2D eigenvalue weighted by molar-refractivity contribution is 14.2. The van der Waals surface area contributed by atoms with Gasteiger partial charge in [-0.15, -0.1) is 0 Å². The number of allylic oxidation sites excluding steroid dienone is 3. The summed E-state index contributed by atoms with van der Waals surface area (Å²) in [7, 11) is 0. The van der Waals surface area contributed by atoms with Crippen LogP contribution in [0.3, 0.4) is 0 Å². The van der Waals surface area contributed by atoms with Crippen molar-refractivity contribution < 1.29 is 18.3 Å². The van der Waals surface area contributed by atoms with Crippen molar-refractivity contribution >= 4 is 41.8 Å². The van der Waals surface area contributed by atoms with Crippen molar-refractivity contribution in [2.24, 2.45) is 10.9 Å². The molecule has 0 amide bonds. The maximum atomic E-state index is 14.6. The monoisotopic (exact) mass is 657 g/mol. The second-order valence-corrected chi connectivity index (χ2v) is 12.5. The molecule has 0 bridgehead atoms. The third-order valence-electron chi connectivity index (χ3n) is 7.36. The molecule has 2 aromatic rings. The summed E-state index contributed by atoms with van der Waals surface area (Å²) in [6.45, 7) is 13.9. The summed E-state index contributed by atoms with van der Waals surface area (Å²) < 4.78 is 46.5. The summed E-state index contributed by atoms with van der Waals surface area (Å²) in [4.78, 5) is 8.34. The number of nitrogens with zero attached hydrogens (tertiary/aromatic N) is 5. The summed E-state index contributed by atoms with van der Waals surface area (Å²) in [6.07, 6.45) is 5.40. The van der Waals surface area contributed by atoms with E-state index in [1.807, 2.05) is 37.1 Å². The fourth-order valence-electron chi connectivity index (χ4n) is 5.48. The lowest BCUT2D eigenvalue weighted by molar-refractivity contribution is 0.308. The lowest BCUT2D eigenvalue weighted by Gasteiger charge is -2.36. The fourth-order valence-corrected chi connectivity index (χ4v) is 7.77. The van der Waals surface area contributed by atoms with Gasteiger partial charge in [-0.25, -0.2) is 18.2 Å². The zero-order chi connectivity index (χ0) is 28.3. The highest BCUT2D eigenvalue weighted by Gasteiger charge is 2.39. The summed E-state index contributed by atoms with van der Waals surface area (Å²) in [5.41, 5.74) is 4.42. The van der Waals surface area contributed by atoms with E-state index in [4.69, 9.17) is 4.99 Å². The Morgan fingerprint density at radius 2 is 2.00 bits per heavy atom. The van der Waals surface area contributed by atoms with Crippen LogP contribution in [0.25, 0.3) is 11.8 Å². The van der Waals surface area contributed by atoms with Gasteiger partial charge in [-0.05, 0) is 50.1 Å². The maximum Gasteiger partial charge on any atom is 0.209 e. The SMILES string of the molecule is C=C1N=C2c3nn(CC)cc3C=C(c3cc(C)cc(F)c3)N2C(O)=C1C(=C)N1CCC(C2=IC=C(F)C=C2F)C1. The molecule has 6 rings (SSSR count). The van der Waals surface area contributed by atoms with Gasteiger partial charge in [0.15, 0.2) is 5.84 Å². The molecule has 6 nitrogen and oxygen atoms in total. The van der Waals surface area contributed by atoms with Crippen LogP contribution in [-0.2, 0) is 6.54 Å². The largest absolute Gasteiger partial charge is 0.494 e. The van der Waals surface area contributed by atoms with E-state index in [0.29, 0.717) is 69.3 Å². The van der Waals surface area contributed by atoms with Crippen molar-refractivity contribution in [2.45, 2.75) is 26.8 Å². The summed E-state index contributed by atoms with van der Waals surface area (Å²) in [5.74, 6) is -1.18. The van der Waals surface area contributed by atoms with Crippen LogP contribution < -0.4 is 0 Å². The molecule has 1 aromatic heterocycles. The number of hydrogen-bond donors (Lipinski definition) is 1. The smallest absolute Gasteiger partial charge is 0.209 e. The van der Waals surface area contributed by atoms with E-state index in [9.17, 15) is 18.3 Å². The van der Waals surface area contributed by atoms with Gasteiger partial charge in [0.25, 0.3) is 0 Å². The zero-order valence-electron chi connectivity index (χ0n) is 22.1. The third-order valence-corrected chi connectivity index (χ3v) is 10.3. The van der Waals surface area contributed by atoms with Gasteiger partial charge in [0, 0.05) is 62.2 Å². The highest BCUT2D eigenvalue weighted by atomic mass is 127.